The van der Waals surface area contributed by atoms with Gasteiger partial charge in [0.25, 0.3) is 5.91 Å². The Morgan fingerprint density at radius 1 is 1.12 bits per heavy atom. The molecule has 0 saturated carbocycles. The van der Waals surface area contributed by atoms with Crippen molar-refractivity contribution in [3.8, 4) is 16.9 Å². The third kappa shape index (κ3) is 3.31. The first-order valence-corrected chi connectivity index (χ1v) is 10.0. The van der Waals surface area contributed by atoms with E-state index in [-0.39, 0.29) is 24.8 Å². The number of primary amides is 1. The van der Waals surface area contributed by atoms with Crippen LogP contribution < -0.4 is 11.1 Å². The molecule has 0 spiro atoms. The van der Waals surface area contributed by atoms with Gasteiger partial charge >= 0.3 is 0 Å². The van der Waals surface area contributed by atoms with E-state index in [0.717, 1.165) is 5.56 Å². The van der Waals surface area contributed by atoms with E-state index in [2.05, 4.69) is 15.6 Å². The minimum atomic E-state index is -0.661. The molecular formula is C22H18N6O4. The highest BCUT2D eigenvalue weighted by molar-refractivity contribution is 6.05. The van der Waals surface area contributed by atoms with Crippen LogP contribution in [0.2, 0.25) is 0 Å². The number of rotatable bonds is 4. The highest BCUT2D eigenvalue weighted by Crippen LogP contribution is 2.29. The maximum Gasteiger partial charge on any atom is 0.255 e. The van der Waals surface area contributed by atoms with Crippen molar-refractivity contribution in [2.75, 3.05) is 0 Å². The molecule has 3 heterocycles. The van der Waals surface area contributed by atoms with E-state index in [1.807, 2.05) is 6.07 Å². The van der Waals surface area contributed by atoms with Crippen LogP contribution in [0, 0.1) is 0 Å². The van der Waals surface area contributed by atoms with Gasteiger partial charge in [-0.25, -0.2) is 4.68 Å². The zero-order valence-corrected chi connectivity index (χ0v) is 16.8. The van der Waals surface area contributed by atoms with Crippen LogP contribution in [0.5, 0.6) is 0 Å². The van der Waals surface area contributed by atoms with Crippen LogP contribution in [-0.2, 0) is 16.1 Å². The molecule has 2 aromatic carbocycles. The Morgan fingerprint density at radius 3 is 2.75 bits per heavy atom. The molecule has 3 aromatic rings. The molecule has 10 nitrogen and oxygen atoms in total. The number of hydrogen-bond donors (Lipinski definition) is 2. The van der Waals surface area contributed by atoms with Crippen molar-refractivity contribution in [3.05, 3.63) is 65.4 Å². The van der Waals surface area contributed by atoms with Crippen molar-refractivity contribution in [1.29, 1.82) is 0 Å². The second-order valence-electron chi connectivity index (χ2n) is 7.73. The third-order valence-electron chi connectivity index (χ3n) is 5.71. The second kappa shape index (κ2) is 7.41. The molecule has 0 radical (unpaired) electrons. The molecule has 4 amide bonds. The molecule has 160 valence electrons. The van der Waals surface area contributed by atoms with Crippen LogP contribution in [0.25, 0.3) is 16.9 Å². The number of carbonyl (C=O) groups is 4. The number of carbonyl (C=O) groups excluding carboxylic acids is 4. The summed E-state index contributed by atoms with van der Waals surface area (Å²) in [5, 5.41) is 10.6. The zero-order valence-electron chi connectivity index (χ0n) is 16.8. The molecule has 10 heteroatoms. The first kappa shape index (κ1) is 19.6. The number of nitrogens with one attached hydrogen (secondary N) is 1. The van der Waals surface area contributed by atoms with Gasteiger partial charge in [-0.05, 0) is 42.3 Å². The fourth-order valence-electron chi connectivity index (χ4n) is 4.06. The summed E-state index contributed by atoms with van der Waals surface area (Å²) in [5.74, 6) is -1.52. The van der Waals surface area contributed by atoms with Crippen molar-refractivity contribution in [1.82, 2.24) is 25.2 Å². The Morgan fingerprint density at radius 2 is 1.97 bits per heavy atom. The molecule has 2 aliphatic heterocycles. The van der Waals surface area contributed by atoms with Crippen molar-refractivity contribution >= 4 is 23.6 Å². The van der Waals surface area contributed by atoms with E-state index in [1.165, 1.54) is 4.90 Å². The monoisotopic (exact) mass is 430 g/mol. The number of imide groups is 1. The lowest BCUT2D eigenvalue weighted by atomic mass is 10.0. The van der Waals surface area contributed by atoms with Gasteiger partial charge in [0.2, 0.25) is 17.7 Å². The summed E-state index contributed by atoms with van der Waals surface area (Å²) in [6.45, 7) is 0.274. The number of nitrogens with two attached hydrogens (primary N) is 1. The Kier molecular flexibility index (Phi) is 4.54. The van der Waals surface area contributed by atoms with Crippen LogP contribution in [0.4, 0.5) is 0 Å². The average molecular weight is 430 g/mol. The number of aromatic nitrogens is 3. The van der Waals surface area contributed by atoms with Crippen molar-refractivity contribution in [3.63, 3.8) is 0 Å². The summed E-state index contributed by atoms with van der Waals surface area (Å²) < 4.78 is 1.58. The van der Waals surface area contributed by atoms with Crippen LogP contribution >= 0.6 is 0 Å². The van der Waals surface area contributed by atoms with Crippen LogP contribution in [-0.4, -0.2) is 49.6 Å². The van der Waals surface area contributed by atoms with Gasteiger partial charge in [-0.2, -0.15) is 0 Å². The standard InChI is InChI=1S/C22H18N6O4/c23-20(30)13-3-1-2-12(8-13)17-11-28(26-25-17)15-4-5-16-14(9-15)10-27(22(16)32)18-6-7-19(29)24-21(18)31/h1-5,8-9,11,18H,6-7,10H2,(H2,23,30)(H,24,29,31). The average Bonchev–Trinajstić information content (AvgIpc) is 3.39. The van der Waals surface area contributed by atoms with Crippen molar-refractivity contribution < 1.29 is 19.2 Å². The zero-order chi connectivity index (χ0) is 22.4. The smallest absolute Gasteiger partial charge is 0.255 e. The highest BCUT2D eigenvalue weighted by atomic mass is 16.2. The van der Waals surface area contributed by atoms with Gasteiger partial charge in [-0.15, -0.1) is 5.10 Å². The summed E-state index contributed by atoms with van der Waals surface area (Å²) in [6, 6.07) is 11.4. The summed E-state index contributed by atoms with van der Waals surface area (Å²) >= 11 is 0. The van der Waals surface area contributed by atoms with Gasteiger partial charge in [-0.3, -0.25) is 24.5 Å². The van der Waals surface area contributed by atoms with E-state index in [4.69, 9.17) is 5.73 Å². The molecule has 1 aromatic heterocycles. The van der Waals surface area contributed by atoms with E-state index >= 15 is 0 Å². The van der Waals surface area contributed by atoms with Gasteiger partial charge in [-0.1, -0.05) is 17.3 Å². The summed E-state index contributed by atoms with van der Waals surface area (Å²) in [5.41, 5.74) is 8.98. The lowest BCUT2D eigenvalue weighted by molar-refractivity contribution is -0.136. The normalized spacial score (nSPS) is 17.9. The Hall–Kier alpha value is -4.34. The molecule has 5 rings (SSSR count). The second-order valence-corrected chi connectivity index (χ2v) is 7.73. The highest BCUT2D eigenvalue weighted by Gasteiger charge is 2.39. The first-order valence-electron chi connectivity index (χ1n) is 10.0. The van der Waals surface area contributed by atoms with Gasteiger partial charge < -0.3 is 10.6 Å². The topological polar surface area (TPSA) is 140 Å². The molecule has 1 unspecified atom stereocenters. The molecule has 1 atom stereocenters. The number of piperidine rings is 1. The Labute approximate surface area is 182 Å². The van der Waals surface area contributed by atoms with Crippen LogP contribution in [0.15, 0.2) is 48.7 Å². The van der Waals surface area contributed by atoms with Gasteiger partial charge in [0, 0.05) is 29.7 Å². The number of fused-ring (bicyclic) bond motifs is 1. The molecular weight excluding hydrogens is 412 g/mol. The number of nitrogens with zero attached hydrogens (tertiary/aromatic N) is 4. The van der Waals surface area contributed by atoms with E-state index in [0.29, 0.717) is 34.5 Å². The first-order chi connectivity index (χ1) is 15.4. The third-order valence-corrected chi connectivity index (χ3v) is 5.71. The summed E-state index contributed by atoms with van der Waals surface area (Å²) in [4.78, 5) is 49.4. The van der Waals surface area contributed by atoms with Crippen molar-refractivity contribution in [2.24, 2.45) is 5.73 Å². The van der Waals surface area contributed by atoms with E-state index in [1.54, 1.807) is 47.3 Å². The molecule has 1 fully saturated rings. The minimum absolute atomic E-state index is 0.209. The lowest BCUT2D eigenvalue weighted by Gasteiger charge is -2.29. The minimum Gasteiger partial charge on any atom is -0.366 e. The molecule has 0 bridgehead atoms. The molecule has 0 aliphatic carbocycles. The quantitative estimate of drug-likeness (QED) is 0.587. The van der Waals surface area contributed by atoms with Gasteiger partial charge in [0.1, 0.15) is 11.7 Å². The van der Waals surface area contributed by atoms with Crippen LogP contribution in [0.1, 0.15) is 39.1 Å². The van der Waals surface area contributed by atoms with Gasteiger partial charge in [0.05, 0.1) is 11.9 Å². The maximum atomic E-state index is 12.8. The van der Waals surface area contributed by atoms with Gasteiger partial charge in [0.15, 0.2) is 0 Å². The van der Waals surface area contributed by atoms with E-state index in [9.17, 15) is 19.2 Å². The maximum absolute atomic E-state index is 12.8. The largest absolute Gasteiger partial charge is 0.366 e. The predicted octanol–water partition coefficient (Wildman–Crippen LogP) is 0.794. The molecule has 2 aliphatic rings. The molecule has 1 saturated heterocycles. The molecule has 3 N–H and O–H groups in total. The number of amides is 4. The Balaban J connectivity index is 1.40. The summed E-state index contributed by atoms with van der Waals surface area (Å²) in [6.07, 6.45) is 2.24. The number of benzene rings is 2. The number of hydrogen-bond acceptors (Lipinski definition) is 6. The Bertz CT molecular complexity index is 1300. The van der Waals surface area contributed by atoms with E-state index < -0.39 is 17.9 Å². The lowest BCUT2D eigenvalue weighted by Crippen LogP contribution is -2.52. The van der Waals surface area contributed by atoms with Crippen LogP contribution in [0.3, 0.4) is 0 Å². The summed E-state index contributed by atoms with van der Waals surface area (Å²) in [7, 11) is 0. The fourth-order valence-corrected chi connectivity index (χ4v) is 4.06. The van der Waals surface area contributed by atoms with Crippen molar-refractivity contribution in [2.45, 2.75) is 25.4 Å². The predicted molar refractivity (Wildman–Crippen MR) is 111 cm³/mol. The molecule has 32 heavy (non-hydrogen) atoms. The fraction of sp³-hybridized carbons (Fsp3) is 0.182. The SMILES string of the molecule is NC(=O)c1cccc(-c2cn(-c3ccc4c(c3)CN(C3CCC(=O)NC3=O)C4=O)nn2)c1.